The lowest BCUT2D eigenvalue weighted by atomic mass is 10.2. The standard InChI is InChI=1S/C15H19ClN4O/c1-3-17-13-8-14(20-15(19-13)10-21-2)18-9-11-4-6-12(16)7-5-11/h4-8H,3,9-10H2,1-2H3,(H2,17,18,19,20). The Morgan fingerprint density at radius 1 is 1.10 bits per heavy atom. The van der Waals surface area contributed by atoms with Gasteiger partial charge in [-0.3, -0.25) is 0 Å². The molecule has 0 atom stereocenters. The monoisotopic (exact) mass is 306 g/mol. The van der Waals surface area contributed by atoms with Crippen molar-refractivity contribution in [2.24, 2.45) is 0 Å². The summed E-state index contributed by atoms with van der Waals surface area (Å²) < 4.78 is 5.10. The average molecular weight is 307 g/mol. The third kappa shape index (κ3) is 4.88. The highest BCUT2D eigenvalue weighted by atomic mass is 35.5. The number of methoxy groups -OCH3 is 1. The van der Waals surface area contributed by atoms with Crippen molar-refractivity contribution in [1.82, 2.24) is 9.97 Å². The first-order valence-electron chi connectivity index (χ1n) is 6.80. The summed E-state index contributed by atoms with van der Waals surface area (Å²) >= 11 is 5.88. The summed E-state index contributed by atoms with van der Waals surface area (Å²) in [6, 6.07) is 9.60. The highest BCUT2D eigenvalue weighted by Crippen LogP contribution is 2.14. The smallest absolute Gasteiger partial charge is 0.158 e. The van der Waals surface area contributed by atoms with Crippen LogP contribution in [-0.2, 0) is 17.9 Å². The van der Waals surface area contributed by atoms with Crippen LogP contribution in [0.5, 0.6) is 0 Å². The molecule has 0 bridgehead atoms. The normalized spacial score (nSPS) is 10.4. The minimum atomic E-state index is 0.384. The number of benzene rings is 1. The molecule has 0 radical (unpaired) electrons. The van der Waals surface area contributed by atoms with Crippen molar-refractivity contribution in [3.63, 3.8) is 0 Å². The summed E-state index contributed by atoms with van der Waals surface area (Å²) in [4.78, 5) is 8.80. The van der Waals surface area contributed by atoms with Gasteiger partial charge in [-0.2, -0.15) is 0 Å². The number of hydrogen-bond acceptors (Lipinski definition) is 5. The van der Waals surface area contributed by atoms with Crippen LogP contribution in [0.1, 0.15) is 18.3 Å². The van der Waals surface area contributed by atoms with E-state index >= 15 is 0 Å². The second kappa shape index (κ2) is 7.81. The Balaban J connectivity index is 2.08. The van der Waals surface area contributed by atoms with E-state index < -0.39 is 0 Å². The molecule has 0 fully saturated rings. The maximum atomic E-state index is 5.88. The minimum absolute atomic E-state index is 0.384. The van der Waals surface area contributed by atoms with Gasteiger partial charge in [0.15, 0.2) is 5.82 Å². The van der Waals surface area contributed by atoms with Crippen LogP contribution < -0.4 is 10.6 Å². The zero-order valence-corrected chi connectivity index (χ0v) is 12.9. The van der Waals surface area contributed by atoms with Crippen LogP contribution in [0.4, 0.5) is 11.6 Å². The quantitative estimate of drug-likeness (QED) is 0.822. The Morgan fingerprint density at radius 2 is 1.76 bits per heavy atom. The van der Waals surface area contributed by atoms with E-state index in [0.29, 0.717) is 19.0 Å². The van der Waals surface area contributed by atoms with Crippen molar-refractivity contribution in [1.29, 1.82) is 0 Å². The van der Waals surface area contributed by atoms with Crippen molar-refractivity contribution in [2.75, 3.05) is 24.3 Å². The van der Waals surface area contributed by atoms with Gasteiger partial charge < -0.3 is 15.4 Å². The number of rotatable bonds is 7. The number of nitrogens with zero attached hydrogens (tertiary/aromatic N) is 2. The molecule has 112 valence electrons. The van der Waals surface area contributed by atoms with E-state index in [2.05, 4.69) is 20.6 Å². The summed E-state index contributed by atoms with van der Waals surface area (Å²) in [7, 11) is 1.63. The number of hydrogen-bond donors (Lipinski definition) is 2. The van der Waals surface area contributed by atoms with Gasteiger partial charge in [0, 0.05) is 31.3 Å². The molecule has 0 spiro atoms. The third-order valence-corrected chi connectivity index (χ3v) is 3.04. The maximum absolute atomic E-state index is 5.88. The Labute approximate surface area is 129 Å². The molecular weight excluding hydrogens is 288 g/mol. The molecule has 1 heterocycles. The maximum Gasteiger partial charge on any atom is 0.158 e. The Kier molecular flexibility index (Phi) is 5.78. The average Bonchev–Trinajstić information content (AvgIpc) is 2.47. The van der Waals surface area contributed by atoms with E-state index in [1.807, 2.05) is 37.3 Å². The predicted molar refractivity (Wildman–Crippen MR) is 85.7 cm³/mol. The van der Waals surface area contributed by atoms with E-state index in [9.17, 15) is 0 Å². The van der Waals surface area contributed by atoms with Crippen LogP contribution >= 0.6 is 11.6 Å². The van der Waals surface area contributed by atoms with E-state index in [4.69, 9.17) is 16.3 Å². The zero-order valence-electron chi connectivity index (χ0n) is 12.2. The van der Waals surface area contributed by atoms with Gasteiger partial charge in [-0.1, -0.05) is 23.7 Å². The van der Waals surface area contributed by atoms with E-state index in [-0.39, 0.29) is 0 Å². The lowest BCUT2D eigenvalue weighted by molar-refractivity contribution is 0.178. The Bertz CT molecular complexity index is 550. The number of aromatic nitrogens is 2. The fraction of sp³-hybridized carbons (Fsp3) is 0.333. The van der Waals surface area contributed by atoms with Crippen LogP contribution in [0.15, 0.2) is 30.3 Å². The number of halogens is 1. The van der Waals surface area contributed by atoms with Crippen LogP contribution in [0.25, 0.3) is 0 Å². The molecule has 0 aliphatic heterocycles. The topological polar surface area (TPSA) is 59.1 Å². The Hall–Kier alpha value is -1.85. The van der Waals surface area contributed by atoms with Gasteiger partial charge in [-0.25, -0.2) is 9.97 Å². The largest absolute Gasteiger partial charge is 0.377 e. The molecule has 1 aromatic heterocycles. The van der Waals surface area contributed by atoms with Crippen molar-refractivity contribution < 1.29 is 4.74 Å². The van der Waals surface area contributed by atoms with E-state index in [0.717, 1.165) is 28.8 Å². The summed E-state index contributed by atoms with van der Waals surface area (Å²) in [5, 5.41) is 7.21. The van der Waals surface area contributed by atoms with Gasteiger partial charge in [0.25, 0.3) is 0 Å². The SMILES string of the molecule is CCNc1cc(NCc2ccc(Cl)cc2)nc(COC)n1. The van der Waals surface area contributed by atoms with Gasteiger partial charge in [0.05, 0.1) is 0 Å². The van der Waals surface area contributed by atoms with Gasteiger partial charge >= 0.3 is 0 Å². The molecule has 2 rings (SSSR count). The first-order chi connectivity index (χ1) is 10.2. The molecule has 0 aliphatic carbocycles. The van der Waals surface area contributed by atoms with Gasteiger partial charge in [-0.05, 0) is 24.6 Å². The van der Waals surface area contributed by atoms with Gasteiger partial charge in [0.2, 0.25) is 0 Å². The number of anilines is 2. The van der Waals surface area contributed by atoms with Crippen molar-refractivity contribution >= 4 is 23.2 Å². The van der Waals surface area contributed by atoms with Crippen molar-refractivity contribution in [2.45, 2.75) is 20.1 Å². The highest BCUT2D eigenvalue weighted by Gasteiger charge is 2.04. The second-order valence-electron chi connectivity index (χ2n) is 4.50. The zero-order chi connectivity index (χ0) is 15.1. The van der Waals surface area contributed by atoms with Crippen LogP contribution in [0.2, 0.25) is 5.02 Å². The minimum Gasteiger partial charge on any atom is -0.377 e. The number of ether oxygens (including phenoxy) is 1. The third-order valence-electron chi connectivity index (χ3n) is 2.79. The molecule has 1 aromatic carbocycles. The van der Waals surface area contributed by atoms with Gasteiger partial charge in [0.1, 0.15) is 18.2 Å². The molecular formula is C15H19ClN4O. The molecule has 0 saturated heterocycles. The van der Waals surface area contributed by atoms with Crippen molar-refractivity contribution in [3.8, 4) is 0 Å². The summed E-state index contributed by atoms with van der Waals surface area (Å²) in [6.07, 6.45) is 0. The van der Waals surface area contributed by atoms with Crippen LogP contribution in [-0.4, -0.2) is 23.6 Å². The fourth-order valence-electron chi connectivity index (χ4n) is 1.85. The first kappa shape index (κ1) is 15.5. The summed E-state index contributed by atoms with van der Waals surface area (Å²) in [5.41, 5.74) is 1.14. The predicted octanol–water partition coefficient (Wildman–Crippen LogP) is 3.32. The van der Waals surface area contributed by atoms with E-state index in [1.165, 1.54) is 0 Å². The molecule has 0 aliphatic rings. The molecule has 5 nitrogen and oxygen atoms in total. The van der Waals surface area contributed by atoms with Crippen LogP contribution in [0, 0.1) is 0 Å². The molecule has 0 saturated carbocycles. The lowest BCUT2D eigenvalue weighted by Gasteiger charge is -2.10. The van der Waals surface area contributed by atoms with Crippen molar-refractivity contribution in [3.05, 3.63) is 46.7 Å². The highest BCUT2D eigenvalue weighted by molar-refractivity contribution is 6.30. The molecule has 6 heteroatoms. The number of nitrogens with one attached hydrogen (secondary N) is 2. The molecule has 2 aromatic rings. The molecule has 21 heavy (non-hydrogen) atoms. The first-order valence-corrected chi connectivity index (χ1v) is 7.18. The molecule has 0 amide bonds. The molecule has 2 N–H and O–H groups in total. The summed E-state index contributed by atoms with van der Waals surface area (Å²) in [6.45, 7) is 3.89. The van der Waals surface area contributed by atoms with Gasteiger partial charge in [-0.15, -0.1) is 0 Å². The Morgan fingerprint density at radius 3 is 2.38 bits per heavy atom. The fourth-order valence-corrected chi connectivity index (χ4v) is 1.97. The lowest BCUT2D eigenvalue weighted by Crippen LogP contribution is -2.08. The summed E-state index contributed by atoms with van der Waals surface area (Å²) in [5.74, 6) is 2.20. The van der Waals surface area contributed by atoms with E-state index in [1.54, 1.807) is 7.11 Å². The van der Waals surface area contributed by atoms with Crippen LogP contribution in [0.3, 0.4) is 0 Å². The second-order valence-corrected chi connectivity index (χ2v) is 4.93. The molecule has 0 unspecified atom stereocenters.